The molecular formula is C18H18N2O2. The first kappa shape index (κ1) is 14.3. The molecule has 0 spiro atoms. The summed E-state index contributed by atoms with van der Waals surface area (Å²) in [6, 6.07) is 11.1. The van der Waals surface area contributed by atoms with Gasteiger partial charge in [0.2, 0.25) is 0 Å². The average molecular weight is 294 g/mol. The van der Waals surface area contributed by atoms with Crippen LogP contribution in [0.25, 0.3) is 5.65 Å². The lowest BCUT2D eigenvalue weighted by molar-refractivity contribution is 0.0982. The van der Waals surface area contributed by atoms with E-state index < -0.39 is 0 Å². The van der Waals surface area contributed by atoms with Crippen molar-refractivity contribution in [3.05, 3.63) is 65.1 Å². The zero-order valence-electron chi connectivity index (χ0n) is 12.7. The van der Waals surface area contributed by atoms with E-state index in [1.165, 1.54) is 0 Å². The van der Waals surface area contributed by atoms with Crippen molar-refractivity contribution in [1.82, 2.24) is 9.38 Å². The van der Waals surface area contributed by atoms with Crippen LogP contribution in [0.2, 0.25) is 0 Å². The molecule has 1 aromatic carbocycles. The minimum atomic E-state index is 0.0792. The first-order valence-corrected chi connectivity index (χ1v) is 7.32. The first-order chi connectivity index (χ1) is 10.6. The van der Waals surface area contributed by atoms with Gasteiger partial charge in [0.1, 0.15) is 0 Å². The van der Waals surface area contributed by atoms with Crippen LogP contribution in [0.4, 0.5) is 0 Å². The van der Waals surface area contributed by atoms with Crippen molar-refractivity contribution in [3.63, 3.8) is 0 Å². The van der Waals surface area contributed by atoms with Crippen LogP contribution in [0, 0.1) is 13.8 Å². The third kappa shape index (κ3) is 2.48. The van der Waals surface area contributed by atoms with Gasteiger partial charge >= 0.3 is 0 Å². The molecule has 4 nitrogen and oxygen atoms in total. The highest BCUT2D eigenvalue weighted by Gasteiger charge is 2.13. The Kier molecular flexibility index (Phi) is 3.67. The number of rotatable bonds is 4. The second-order valence-electron chi connectivity index (χ2n) is 5.46. The molecule has 0 unspecified atom stereocenters. The number of aromatic nitrogens is 2. The quantitative estimate of drug-likeness (QED) is 0.750. The normalized spacial score (nSPS) is 11.0. The number of nitrogens with zero attached hydrogens (tertiary/aromatic N) is 2. The summed E-state index contributed by atoms with van der Waals surface area (Å²) in [4.78, 5) is 16.5. The molecule has 0 saturated heterocycles. The lowest BCUT2D eigenvalue weighted by Gasteiger charge is -2.06. The lowest BCUT2D eigenvalue weighted by atomic mass is 10.0. The fraction of sp³-hybridized carbons (Fsp3) is 0.222. The van der Waals surface area contributed by atoms with Crippen LogP contribution in [0.5, 0.6) is 5.75 Å². The fourth-order valence-corrected chi connectivity index (χ4v) is 2.58. The summed E-state index contributed by atoms with van der Waals surface area (Å²) in [6.07, 6.45) is 2.76. The van der Waals surface area contributed by atoms with Crippen LogP contribution >= 0.6 is 0 Å². The summed E-state index contributed by atoms with van der Waals surface area (Å²) >= 11 is 0. The van der Waals surface area contributed by atoms with Crippen LogP contribution in [-0.2, 0) is 6.42 Å². The highest BCUT2D eigenvalue weighted by molar-refractivity contribution is 5.96. The monoisotopic (exact) mass is 294 g/mol. The van der Waals surface area contributed by atoms with Gasteiger partial charge in [-0.3, -0.25) is 4.79 Å². The maximum Gasteiger partial charge on any atom is 0.180 e. The Hall–Kier alpha value is -2.62. The summed E-state index contributed by atoms with van der Waals surface area (Å²) in [7, 11) is 0. The van der Waals surface area contributed by atoms with E-state index in [2.05, 4.69) is 4.98 Å². The second-order valence-corrected chi connectivity index (χ2v) is 5.46. The summed E-state index contributed by atoms with van der Waals surface area (Å²) in [5.74, 6) is 0.245. The van der Waals surface area contributed by atoms with Crippen LogP contribution in [0.1, 0.15) is 33.7 Å². The summed E-state index contributed by atoms with van der Waals surface area (Å²) in [5, 5.41) is 10.4. The first-order valence-electron chi connectivity index (χ1n) is 7.32. The van der Waals surface area contributed by atoms with Gasteiger partial charge in [0.25, 0.3) is 0 Å². The Morgan fingerprint density at radius 3 is 2.64 bits per heavy atom. The Morgan fingerprint density at radius 1 is 1.18 bits per heavy atom. The van der Waals surface area contributed by atoms with Gasteiger partial charge in [-0.1, -0.05) is 30.3 Å². The Balaban J connectivity index is 1.83. The molecule has 22 heavy (non-hydrogen) atoms. The Labute approximate surface area is 129 Å². The fourth-order valence-electron chi connectivity index (χ4n) is 2.58. The van der Waals surface area contributed by atoms with Crippen molar-refractivity contribution in [1.29, 1.82) is 0 Å². The Morgan fingerprint density at radius 2 is 1.91 bits per heavy atom. The summed E-state index contributed by atoms with van der Waals surface area (Å²) < 4.78 is 1.87. The van der Waals surface area contributed by atoms with Gasteiger partial charge < -0.3 is 9.51 Å². The van der Waals surface area contributed by atoms with Gasteiger partial charge in [-0.05, 0) is 31.9 Å². The van der Waals surface area contributed by atoms with Crippen LogP contribution in [0.15, 0.2) is 42.6 Å². The molecule has 0 radical (unpaired) electrons. The molecule has 0 amide bonds. The van der Waals surface area contributed by atoms with E-state index in [9.17, 15) is 9.90 Å². The number of pyridine rings is 1. The van der Waals surface area contributed by atoms with E-state index in [0.717, 1.165) is 17.0 Å². The van der Waals surface area contributed by atoms with Gasteiger partial charge in [0.15, 0.2) is 17.2 Å². The summed E-state index contributed by atoms with van der Waals surface area (Å²) in [6.45, 7) is 3.88. The van der Waals surface area contributed by atoms with Gasteiger partial charge in [-0.25, -0.2) is 4.98 Å². The van der Waals surface area contributed by atoms with Crippen LogP contribution < -0.4 is 0 Å². The standard InChI is InChI=1S/C18H18N2O2/c1-12-13(2)20-11-10-15(17(22)18(20)19-12)8-9-16(21)14-6-4-3-5-7-14/h3-7,10-11,22H,8-9H2,1-2H3. The topological polar surface area (TPSA) is 54.6 Å². The highest BCUT2D eigenvalue weighted by atomic mass is 16.3. The number of benzene rings is 1. The summed E-state index contributed by atoms with van der Waals surface area (Å²) in [5.41, 5.74) is 3.92. The third-order valence-corrected chi connectivity index (χ3v) is 4.04. The minimum absolute atomic E-state index is 0.0792. The third-order valence-electron chi connectivity index (χ3n) is 4.04. The SMILES string of the molecule is Cc1nc2c(O)c(CCC(=O)c3ccccc3)ccn2c1C. The van der Waals surface area contributed by atoms with Crippen molar-refractivity contribution >= 4 is 11.4 Å². The minimum Gasteiger partial charge on any atom is -0.504 e. The maximum atomic E-state index is 12.1. The van der Waals surface area contributed by atoms with Gasteiger partial charge in [-0.2, -0.15) is 0 Å². The van der Waals surface area contributed by atoms with E-state index >= 15 is 0 Å². The number of aromatic hydroxyl groups is 1. The van der Waals surface area contributed by atoms with Gasteiger partial charge in [-0.15, -0.1) is 0 Å². The number of fused-ring (bicyclic) bond motifs is 1. The molecule has 3 aromatic rings. The molecule has 3 rings (SSSR count). The largest absolute Gasteiger partial charge is 0.504 e. The number of aryl methyl sites for hydroxylation is 3. The molecule has 2 heterocycles. The molecule has 112 valence electrons. The van der Waals surface area contributed by atoms with E-state index in [4.69, 9.17) is 0 Å². The highest BCUT2D eigenvalue weighted by Crippen LogP contribution is 2.26. The molecule has 0 bridgehead atoms. The number of imidazole rings is 1. The molecule has 1 N–H and O–H groups in total. The van der Waals surface area contributed by atoms with E-state index in [1.807, 2.05) is 60.8 Å². The molecule has 0 fully saturated rings. The maximum absolute atomic E-state index is 12.1. The molecule has 0 aliphatic carbocycles. The van der Waals surface area contributed by atoms with Crippen LogP contribution in [-0.4, -0.2) is 20.3 Å². The van der Waals surface area contributed by atoms with E-state index in [0.29, 0.717) is 24.1 Å². The molecule has 4 heteroatoms. The van der Waals surface area contributed by atoms with E-state index in [-0.39, 0.29) is 11.5 Å². The van der Waals surface area contributed by atoms with Crippen molar-refractivity contribution in [2.75, 3.05) is 0 Å². The second kappa shape index (κ2) is 5.64. The van der Waals surface area contributed by atoms with Crippen LogP contribution in [0.3, 0.4) is 0 Å². The van der Waals surface area contributed by atoms with Gasteiger partial charge in [0, 0.05) is 23.9 Å². The van der Waals surface area contributed by atoms with Crippen molar-refractivity contribution in [2.24, 2.45) is 0 Å². The number of Topliss-reactive ketones (excluding diaryl/α,β-unsaturated/α-hetero) is 1. The molecule has 0 aliphatic heterocycles. The molecule has 0 saturated carbocycles. The zero-order chi connectivity index (χ0) is 15.7. The van der Waals surface area contributed by atoms with Gasteiger partial charge in [0.05, 0.1) is 5.69 Å². The predicted molar refractivity (Wildman–Crippen MR) is 85.4 cm³/mol. The number of carbonyl (C=O) groups excluding carboxylic acids is 1. The molecule has 2 aromatic heterocycles. The molecule has 0 atom stereocenters. The van der Waals surface area contributed by atoms with E-state index in [1.54, 1.807) is 0 Å². The zero-order valence-corrected chi connectivity index (χ0v) is 12.7. The number of hydrogen-bond donors (Lipinski definition) is 1. The number of ketones is 1. The lowest BCUT2D eigenvalue weighted by Crippen LogP contribution is -2.01. The smallest absolute Gasteiger partial charge is 0.180 e. The van der Waals surface area contributed by atoms with Crippen molar-refractivity contribution in [2.45, 2.75) is 26.7 Å². The average Bonchev–Trinajstić information content (AvgIpc) is 2.83. The molecular weight excluding hydrogens is 276 g/mol. The van der Waals surface area contributed by atoms with Crippen molar-refractivity contribution < 1.29 is 9.90 Å². The van der Waals surface area contributed by atoms with Crippen molar-refractivity contribution in [3.8, 4) is 5.75 Å². The predicted octanol–water partition coefficient (Wildman–Crippen LogP) is 3.47. The Bertz CT molecular complexity index is 835. The number of carbonyl (C=O) groups is 1. The molecule has 0 aliphatic rings. The number of hydrogen-bond acceptors (Lipinski definition) is 3.